The Balaban J connectivity index is 1.32. The number of ether oxygens (including phenoxy) is 1. The summed E-state index contributed by atoms with van der Waals surface area (Å²) in [4.78, 5) is 20.8. The summed E-state index contributed by atoms with van der Waals surface area (Å²) in [6.45, 7) is 5.00. The number of aromatic nitrogens is 3. The van der Waals surface area contributed by atoms with Gasteiger partial charge >= 0.3 is 0 Å². The van der Waals surface area contributed by atoms with Gasteiger partial charge in [-0.05, 0) is 31.2 Å². The van der Waals surface area contributed by atoms with Gasteiger partial charge in [-0.25, -0.2) is 0 Å². The van der Waals surface area contributed by atoms with Crippen LogP contribution >= 0.6 is 0 Å². The maximum absolute atomic E-state index is 12.4. The number of carbonyl (C=O) groups excluding carboxylic acids is 1. The van der Waals surface area contributed by atoms with Gasteiger partial charge in [-0.3, -0.25) is 9.69 Å². The third kappa shape index (κ3) is 3.89. The second-order valence-electron chi connectivity index (χ2n) is 6.64. The zero-order valence-corrected chi connectivity index (χ0v) is 15.8. The highest BCUT2D eigenvalue weighted by Crippen LogP contribution is 2.20. The zero-order chi connectivity index (χ0) is 19.5. The van der Waals surface area contributed by atoms with E-state index in [9.17, 15) is 4.79 Å². The molecule has 3 aromatic rings. The molecule has 1 aromatic carbocycles. The third-order valence-corrected chi connectivity index (χ3v) is 4.67. The Morgan fingerprint density at radius 2 is 1.86 bits per heavy atom. The van der Waals surface area contributed by atoms with Crippen LogP contribution in [-0.2, 0) is 6.54 Å². The highest BCUT2D eigenvalue weighted by Gasteiger charge is 2.25. The van der Waals surface area contributed by atoms with E-state index < -0.39 is 0 Å². The van der Waals surface area contributed by atoms with Gasteiger partial charge in [0.05, 0.1) is 19.3 Å². The summed E-state index contributed by atoms with van der Waals surface area (Å²) in [6.07, 6.45) is 0. The van der Waals surface area contributed by atoms with E-state index in [1.54, 1.807) is 25.0 Å². The van der Waals surface area contributed by atoms with Gasteiger partial charge in [-0.1, -0.05) is 10.3 Å². The molecule has 9 nitrogen and oxygen atoms in total. The van der Waals surface area contributed by atoms with Crippen molar-refractivity contribution in [2.45, 2.75) is 13.5 Å². The molecule has 0 aliphatic carbocycles. The van der Waals surface area contributed by atoms with Crippen molar-refractivity contribution in [3.05, 3.63) is 47.7 Å². The average Bonchev–Trinajstić information content (AvgIpc) is 3.37. The fraction of sp³-hybridized carbons (Fsp3) is 0.368. The molecule has 146 valence electrons. The van der Waals surface area contributed by atoms with Gasteiger partial charge in [0.15, 0.2) is 0 Å². The molecule has 1 fully saturated rings. The Labute approximate surface area is 161 Å². The van der Waals surface area contributed by atoms with Crippen LogP contribution in [0, 0.1) is 6.92 Å². The summed E-state index contributed by atoms with van der Waals surface area (Å²) in [7, 11) is 1.63. The van der Waals surface area contributed by atoms with Crippen molar-refractivity contribution >= 4 is 5.91 Å². The number of benzene rings is 1. The van der Waals surface area contributed by atoms with Gasteiger partial charge in [-0.15, -0.1) is 0 Å². The lowest BCUT2D eigenvalue weighted by Crippen LogP contribution is -2.48. The van der Waals surface area contributed by atoms with Crippen LogP contribution in [0.5, 0.6) is 5.75 Å². The highest BCUT2D eigenvalue weighted by atomic mass is 16.5. The lowest BCUT2D eigenvalue weighted by Gasteiger charge is -2.33. The molecule has 0 bridgehead atoms. The van der Waals surface area contributed by atoms with Gasteiger partial charge in [0.2, 0.25) is 17.5 Å². The number of carbonyl (C=O) groups is 1. The molecule has 1 amide bonds. The number of nitrogens with zero attached hydrogens (tertiary/aromatic N) is 5. The Bertz CT molecular complexity index is 941. The number of hydrogen-bond acceptors (Lipinski definition) is 8. The monoisotopic (exact) mass is 383 g/mol. The topological polar surface area (TPSA) is 97.7 Å². The maximum Gasteiger partial charge on any atom is 0.292 e. The Morgan fingerprint density at radius 3 is 2.50 bits per heavy atom. The molecule has 0 unspecified atom stereocenters. The molecule has 4 rings (SSSR count). The van der Waals surface area contributed by atoms with Crippen LogP contribution < -0.4 is 4.74 Å². The van der Waals surface area contributed by atoms with Crippen molar-refractivity contribution in [3.63, 3.8) is 0 Å². The molecule has 28 heavy (non-hydrogen) atoms. The first-order chi connectivity index (χ1) is 13.6. The van der Waals surface area contributed by atoms with E-state index in [4.69, 9.17) is 13.8 Å². The summed E-state index contributed by atoms with van der Waals surface area (Å²) in [6, 6.07) is 9.16. The highest BCUT2D eigenvalue weighted by molar-refractivity contribution is 5.91. The summed E-state index contributed by atoms with van der Waals surface area (Å²) in [5.74, 6) is 2.04. The Morgan fingerprint density at radius 1 is 1.11 bits per heavy atom. The van der Waals surface area contributed by atoms with Gasteiger partial charge in [0.1, 0.15) is 5.75 Å². The largest absolute Gasteiger partial charge is 0.497 e. The fourth-order valence-corrected chi connectivity index (χ4v) is 3.10. The summed E-state index contributed by atoms with van der Waals surface area (Å²) >= 11 is 0. The molecule has 3 heterocycles. The maximum atomic E-state index is 12.4. The average molecular weight is 383 g/mol. The molecule has 2 aromatic heterocycles. The predicted molar refractivity (Wildman–Crippen MR) is 98.7 cm³/mol. The lowest BCUT2D eigenvalue weighted by molar-refractivity contribution is 0.0576. The summed E-state index contributed by atoms with van der Waals surface area (Å²) in [5.41, 5.74) is 1.57. The van der Waals surface area contributed by atoms with E-state index in [1.165, 1.54) is 0 Å². The lowest BCUT2D eigenvalue weighted by atomic mass is 10.2. The van der Waals surface area contributed by atoms with Gasteiger partial charge in [0, 0.05) is 37.8 Å². The molecule has 0 N–H and O–H groups in total. The van der Waals surface area contributed by atoms with Crippen molar-refractivity contribution in [2.24, 2.45) is 0 Å². The number of amides is 1. The minimum absolute atomic E-state index is 0.125. The summed E-state index contributed by atoms with van der Waals surface area (Å²) in [5, 5.41) is 7.83. The smallest absolute Gasteiger partial charge is 0.292 e. The van der Waals surface area contributed by atoms with Crippen LogP contribution in [0.4, 0.5) is 0 Å². The van der Waals surface area contributed by atoms with E-state index in [2.05, 4.69) is 20.2 Å². The quantitative estimate of drug-likeness (QED) is 0.660. The predicted octanol–water partition coefficient (Wildman–Crippen LogP) is 2.00. The van der Waals surface area contributed by atoms with Crippen molar-refractivity contribution in [1.82, 2.24) is 25.1 Å². The van der Waals surface area contributed by atoms with Crippen LogP contribution in [0.25, 0.3) is 11.4 Å². The van der Waals surface area contributed by atoms with E-state index in [1.807, 2.05) is 24.3 Å². The zero-order valence-electron chi connectivity index (χ0n) is 15.8. The van der Waals surface area contributed by atoms with Crippen LogP contribution in [-0.4, -0.2) is 64.3 Å². The van der Waals surface area contributed by atoms with E-state index in [-0.39, 0.29) is 11.7 Å². The second kappa shape index (κ2) is 7.81. The summed E-state index contributed by atoms with van der Waals surface area (Å²) < 4.78 is 15.6. The minimum atomic E-state index is -0.125. The van der Waals surface area contributed by atoms with Crippen LogP contribution in [0.3, 0.4) is 0 Å². The first-order valence-electron chi connectivity index (χ1n) is 9.04. The number of rotatable bonds is 5. The molecule has 1 saturated heterocycles. The molecule has 0 atom stereocenters. The fourth-order valence-electron chi connectivity index (χ4n) is 3.10. The second-order valence-corrected chi connectivity index (χ2v) is 6.64. The molecule has 0 saturated carbocycles. The first kappa shape index (κ1) is 18.2. The number of hydrogen-bond donors (Lipinski definition) is 0. The van der Waals surface area contributed by atoms with E-state index >= 15 is 0 Å². The first-order valence-corrected chi connectivity index (χ1v) is 9.04. The number of methoxy groups -OCH3 is 1. The molecule has 1 aliphatic heterocycles. The van der Waals surface area contributed by atoms with Crippen molar-refractivity contribution in [1.29, 1.82) is 0 Å². The van der Waals surface area contributed by atoms with Crippen molar-refractivity contribution in [3.8, 4) is 17.1 Å². The molecular formula is C19H21N5O4. The van der Waals surface area contributed by atoms with E-state index in [0.29, 0.717) is 37.0 Å². The molecule has 9 heteroatoms. The van der Waals surface area contributed by atoms with Gasteiger partial charge < -0.3 is 18.7 Å². The molecule has 0 radical (unpaired) electrons. The SMILES string of the molecule is COc1ccc(-c2noc(CN3CCN(C(=O)c4cc(C)no4)CC3)n2)cc1. The normalized spacial score (nSPS) is 15.0. The van der Waals surface area contributed by atoms with Crippen LogP contribution in [0.15, 0.2) is 39.4 Å². The van der Waals surface area contributed by atoms with Gasteiger partial charge in [-0.2, -0.15) is 4.98 Å². The van der Waals surface area contributed by atoms with Crippen LogP contribution in [0.1, 0.15) is 22.1 Å². The van der Waals surface area contributed by atoms with Crippen molar-refractivity contribution in [2.75, 3.05) is 33.3 Å². The van der Waals surface area contributed by atoms with Crippen LogP contribution in [0.2, 0.25) is 0 Å². The van der Waals surface area contributed by atoms with E-state index in [0.717, 1.165) is 24.4 Å². The minimum Gasteiger partial charge on any atom is -0.497 e. The Hall–Kier alpha value is -3.20. The Kier molecular flexibility index (Phi) is 5.07. The molecule has 0 spiro atoms. The standard InChI is InChI=1S/C19H21N5O4/c1-13-11-16(27-21-13)19(25)24-9-7-23(8-10-24)12-17-20-18(22-28-17)14-3-5-15(26-2)6-4-14/h3-6,11H,7-10,12H2,1-2H3. The third-order valence-electron chi connectivity index (χ3n) is 4.67. The van der Waals surface area contributed by atoms with Gasteiger partial charge in [0.25, 0.3) is 5.91 Å². The molecule has 1 aliphatic rings. The number of aryl methyl sites for hydroxylation is 1. The molecular weight excluding hydrogens is 362 g/mol. The number of piperazine rings is 1. The van der Waals surface area contributed by atoms with Crippen molar-refractivity contribution < 1.29 is 18.6 Å².